The van der Waals surface area contributed by atoms with E-state index < -0.39 is 0 Å². The van der Waals surface area contributed by atoms with Gasteiger partial charge in [-0.2, -0.15) is 11.3 Å². The molecule has 1 atom stereocenters. The Bertz CT molecular complexity index is 473. The lowest BCUT2D eigenvalue weighted by molar-refractivity contribution is 0.406. The molecule has 0 unspecified atom stereocenters. The summed E-state index contributed by atoms with van der Waals surface area (Å²) in [6.45, 7) is 0. The lowest BCUT2D eigenvalue weighted by atomic mass is 10.0. The van der Waals surface area contributed by atoms with Crippen LogP contribution in [0.1, 0.15) is 17.2 Å². The summed E-state index contributed by atoms with van der Waals surface area (Å²) in [5.74, 6) is 0.789. The van der Waals surface area contributed by atoms with Crippen LogP contribution in [0, 0.1) is 0 Å². The van der Waals surface area contributed by atoms with E-state index in [9.17, 15) is 5.11 Å². The van der Waals surface area contributed by atoms with Crippen LogP contribution in [0.3, 0.4) is 0 Å². The number of aromatic hydroxyl groups is 1. The van der Waals surface area contributed by atoms with E-state index in [0.29, 0.717) is 11.3 Å². The van der Waals surface area contributed by atoms with Crippen LogP contribution in [-0.2, 0) is 0 Å². The van der Waals surface area contributed by atoms with Crippen molar-refractivity contribution >= 4 is 23.7 Å². The maximum atomic E-state index is 9.84. The summed E-state index contributed by atoms with van der Waals surface area (Å²) in [6, 6.07) is 6.82. The van der Waals surface area contributed by atoms with Gasteiger partial charge in [0.15, 0.2) is 0 Å². The maximum Gasteiger partial charge on any atom is 0.124 e. The Hall–Kier alpha value is -1.23. The predicted octanol–water partition coefficient (Wildman–Crippen LogP) is 2.93. The van der Waals surface area contributed by atoms with Crippen LogP contribution in [0.25, 0.3) is 0 Å². The molecule has 0 bridgehead atoms. The molecule has 3 N–H and O–H groups in total. The number of nitrogens with two attached hydrogens (primary N) is 1. The minimum atomic E-state index is -0.294. The molecule has 0 aliphatic carbocycles. The molecule has 0 aliphatic rings. The molecule has 0 radical (unpaired) electrons. The molecule has 1 heterocycles. The molecule has 0 spiro atoms. The van der Waals surface area contributed by atoms with Crippen LogP contribution in [0.5, 0.6) is 11.5 Å². The Morgan fingerprint density at radius 2 is 2.12 bits per heavy atom. The van der Waals surface area contributed by atoms with Gasteiger partial charge in [0.25, 0.3) is 0 Å². The molecule has 0 saturated carbocycles. The number of thiophene rings is 1. The normalized spacial score (nSPS) is 11.6. The Morgan fingerprint density at radius 1 is 1.35 bits per heavy atom. The first-order chi connectivity index (χ1) is 7.72. The topological polar surface area (TPSA) is 55.5 Å². The van der Waals surface area contributed by atoms with Gasteiger partial charge >= 0.3 is 0 Å². The van der Waals surface area contributed by atoms with E-state index in [-0.39, 0.29) is 24.2 Å². The van der Waals surface area contributed by atoms with Gasteiger partial charge < -0.3 is 15.6 Å². The average molecular weight is 272 g/mol. The Kier molecular flexibility index (Phi) is 4.81. The van der Waals surface area contributed by atoms with Crippen LogP contribution in [-0.4, -0.2) is 12.2 Å². The summed E-state index contributed by atoms with van der Waals surface area (Å²) in [5.41, 5.74) is 7.77. The Morgan fingerprint density at radius 3 is 2.65 bits per heavy atom. The largest absolute Gasteiger partial charge is 0.507 e. The van der Waals surface area contributed by atoms with Crippen LogP contribution in [0.2, 0.25) is 0 Å². The monoisotopic (exact) mass is 271 g/mol. The summed E-state index contributed by atoms with van der Waals surface area (Å²) in [4.78, 5) is 0. The fourth-order valence-electron chi connectivity index (χ4n) is 1.54. The second-order valence-electron chi connectivity index (χ2n) is 3.46. The van der Waals surface area contributed by atoms with E-state index in [1.807, 2.05) is 16.8 Å². The highest BCUT2D eigenvalue weighted by Gasteiger charge is 2.13. The quantitative estimate of drug-likeness (QED) is 0.902. The molecule has 1 aromatic carbocycles. The molecule has 17 heavy (non-hydrogen) atoms. The van der Waals surface area contributed by atoms with Crippen molar-refractivity contribution in [3.8, 4) is 11.5 Å². The molecule has 92 valence electrons. The lowest BCUT2D eigenvalue weighted by Crippen LogP contribution is -2.10. The van der Waals surface area contributed by atoms with Crippen LogP contribution < -0.4 is 10.5 Å². The van der Waals surface area contributed by atoms with E-state index in [1.54, 1.807) is 36.6 Å². The highest BCUT2D eigenvalue weighted by Crippen LogP contribution is 2.31. The van der Waals surface area contributed by atoms with Crippen LogP contribution >= 0.6 is 23.7 Å². The first kappa shape index (κ1) is 13.8. The molecule has 2 aromatic rings. The number of phenolic OH excluding ortho intramolecular Hbond substituents is 1. The fourth-order valence-corrected chi connectivity index (χ4v) is 2.24. The van der Waals surface area contributed by atoms with E-state index in [0.717, 1.165) is 5.56 Å². The zero-order chi connectivity index (χ0) is 11.5. The average Bonchev–Trinajstić information content (AvgIpc) is 2.81. The number of halogens is 1. The summed E-state index contributed by atoms with van der Waals surface area (Å²) < 4.78 is 5.02. The molecule has 1 aromatic heterocycles. The van der Waals surface area contributed by atoms with Gasteiger partial charge in [0.1, 0.15) is 11.5 Å². The van der Waals surface area contributed by atoms with Crippen molar-refractivity contribution in [3.05, 3.63) is 46.2 Å². The number of phenols is 1. The maximum absolute atomic E-state index is 9.84. The summed E-state index contributed by atoms with van der Waals surface area (Å²) >= 11 is 1.59. The number of ether oxygens (including phenoxy) is 1. The van der Waals surface area contributed by atoms with Gasteiger partial charge in [0.05, 0.1) is 13.2 Å². The van der Waals surface area contributed by atoms with E-state index in [2.05, 4.69) is 0 Å². The van der Waals surface area contributed by atoms with Gasteiger partial charge in [-0.25, -0.2) is 0 Å². The molecule has 2 rings (SSSR count). The zero-order valence-corrected chi connectivity index (χ0v) is 10.9. The zero-order valence-electron chi connectivity index (χ0n) is 9.29. The molecule has 5 heteroatoms. The summed E-state index contributed by atoms with van der Waals surface area (Å²) in [7, 11) is 1.56. The number of hydrogen-bond donors (Lipinski definition) is 2. The van der Waals surface area contributed by atoms with Crippen LogP contribution in [0.15, 0.2) is 35.0 Å². The van der Waals surface area contributed by atoms with Gasteiger partial charge in [-0.05, 0) is 34.5 Å². The highest BCUT2D eigenvalue weighted by atomic mass is 35.5. The number of rotatable bonds is 3. The highest BCUT2D eigenvalue weighted by molar-refractivity contribution is 7.08. The lowest BCUT2D eigenvalue weighted by Gasteiger charge is -2.13. The van der Waals surface area contributed by atoms with Gasteiger partial charge in [0.2, 0.25) is 0 Å². The standard InChI is InChI=1S/C12H13NO2S.ClH/c1-15-9-2-3-10(11(14)6-9)12(13)8-4-5-16-7-8;/h2-7,12,14H,13H2,1H3;1H/t12-;/m1./s1. The van der Waals surface area contributed by atoms with Crippen LogP contribution in [0.4, 0.5) is 0 Å². The van der Waals surface area contributed by atoms with Crippen molar-refractivity contribution in [2.45, 2.75) is 6.04 Å². The first-order valence-corrected chi connectivity index (χ1v) is 5.81. The van der Waals surface area contributed by atoms with E-state index >= 15 is 0 Å². The summed E-state index contributed by atoms with van der Waals surface area (Å²) in [6.07, 6.45) is 0. The predicted molar refractivity (Wildman–Crippen MR) is 72.3 cm³/mol. The molecule has 3 nitrogen and oxygen atoms in total. The van der Waals surface area contributed by atoms with Gasteiger partial charge in [-0.1, -0.05) is 0 Å². The smallest absolute Gasteiger partial charge is 0.124 e. The molecule has 0 fully saturated rings. The second kappa shape index (κ2) is 5.91. The van der Waals surface area contributed by atoms with Crippen molar-refractivity contribution in [2.24, 2.45) is 5.73 Å². The molecule has 0 saturated heterocycles. The van der Waals surface area contributed by atoms with Gasteiger partial charge in [-0.15, -0.1) is 12.4 Å². The number of benzene rings is 1. The van der Waals surface area contributed by atoms with Crippen molar-refractivity contribution in [3.63, 3.8) is 0 Å². The molecule has 0 amide bonds. The molecular weight excluding hydrogens is 258 g/mol. The molecular formula is C12H14ClNO2S. The number of hydrogen-bond acceptors (Lipinski definition) is 4. The SMILES string of the molecule is COc1ccc([C@H](N)c2ccsc2)c(O)c1.Cl. The third-order valence-corrected chi connectivity index (χ3v) is 3.18. The minimum absolute atomic E-state index is 0. The third kappa shape index (κ3) is 2.91. The minimum Gasteiger partial charge on any atom is -0.507 e. The van der Waals surface area contributed by atoms with E-state index in [1.165, 1.54) is 0 Å². The van der Waals surface area contributed by atoms with Gasteiger partial charge in [-0.3, -0.25) is 0 Å². The Labute approximate surface area is 110 Å². The van der Waals surface area contributed by atoms with Crippen molar-refractivity contribution in [1.29, 1.82) is 0 Å². The first-order valence-electron chi connectivity index (χ1n) is 4.87. The van der Waals surface area contributed by atoms with Crippen molar-refractivity contribution in [1.82, 2.24) is 0 Å². The van der Waals surface area contributed by atoms with Crippen molar-refractivity contribution < 1.29 is 9.84 Å². The molecule has 0 aliphatic heterocycles. The summed E-state index contributed by atoms with van der Waals surface area (Å²) in [5, 5.41) is 13.8. The Balaban J connectivity index is 0.00000144. The number of methoxy groups -OCH3 is 1. The van der Waals surface area contributed by atoms with Gasteiger partial charge in [0, 0.05) is 11.6 Å². The van der Waals surface area contributed by atoms with Crippen molar-refractivity contribution in [2.75, 3.05) is 7.11 Å². The second-order valence-corrected chi connectivity index (χ2v) is 4.24. The van der Waals surface area contributed by atoms with E-state index in [4.69, 9.17) is 10.5 Å². The third-order valence-electron chi connectivity index (χ3n) is 2.47. The fraction of sp³-hybridized carbons (Fsp3) is 0.167.